The van der Waals surface area contributed by atoms with Gasteiger partial charge in [0.25, 0.3) is 0 Å². The van der Waals surface area contributed by atoms with Gasteiger partial charge in [-0.2, -0.15) is 0 Å². The Balaban J connectivity index is 1.51. The zero-order valence-electron chi connectivity index (χ0n) is 25.6. The lowest BCUT2D eigenvalue weighted by atomic mass is 9.52. The number of aliphatic hydroxyl groups is 1. The number of aromatic hydroxyl groups is 1. The van der Waals surface area contributed by atoms with E-state index < -0.39 is 76.2 Å². The summed E-state index contributed by atoms with van der Waals surface area (Å²) in [6.45, 7) is 1.66. The Morgan fingerprint density at radius 2 is 1.71 bits per heavy atom. The molecule has 5 N–H and O–H groups in total. The van der Waals surface area contributed by atoms with Crippen LogP contribution in [0.15, 0.2) is 30.3 Å². The van der Waals surface area contributed by atoms with Crippen molar-refractivity contribution in [3.63, 3.8) is 0 Å². The van der Waals surface area contributed by atoms with Gasteiger partial charge in [0, 0.05) is 37.8 Å². The van der Waals surface area contributed by atoms with Crippen LogP contribution in [0.1, 0.15) is 33.5 Å². The Hall–Kier alpha value is -4.62. The average Bonchev–Trinajstić information content (AvgIpc) is 2.95. The Bertz CT molecular complexity index is 1630. The highest BCUT2D eigenvalue weighted by atomic mass is 16.6. The second-order valence-electron chi connectivity index (χ2n) is 12.5. The first-order chi connectivity index (χ1) is 21.1. The van der Waals surface area contributed by atoms with E-state index in [0.717, 1.165) is 5.56 Å². The number of hydrogen-bond donors (Lipinski definition) is 4. The molecule has 13 nitrogen and oxygen atoms in total. The van der Waals surface area contributed by atoms with E-state index in [2.05, 4.69) is 5.32 Å². The second kappa shape index (κ2) is 11.4. The number of anilines is 1. The largest absolute Gasteiger partial charge is 0.507 e. The number of carbonyl (C=O) groups excluding carboxylic acids is 6. The van der Waals surface area contributed by atoms with Crippen molar-refractivity contribution in [2.45, 2.75) is 38.0 Å². The molecule has 2 aromatic rings. The smallest absolute Gasteiger partial charge is 0.412 e. The molecule has 0 saturated heterocycles. The van der Waals surface area contributed by atoms with E-state index in [1.54, 1.807) is 49.3 Å². The van der Waals surface area contributed by atoms with Crippen LogP contribution in [0.5, 0.6) is 11.5 Å². The minimum atomic E-state index is -2.81. The Morgan fingerprint density at radius 1 is 1.07 bits per heavy atom. The van der Waals surface area contributed by atoms with Gasteiger partial charge < -0.3 is 30.9 Å². The molecule has 2 saturated carbocycles. The number of ketones is 4. The van der Waals surface area contributed by atoms with Gasteiger partial charge in [0.15, 0.2) is 34.7 Å². The van der Waals surface area contributed by atoms with Crippen LogP contribution in [0.3, 0.4) is 0 Å². The van der Waals surface area contributed by atoms with E-state index in [1.807, 2.05) is 6.92 Å². The van der Waals surface area contributed by atoms with Crippen molar-refractivity contribution >= 4 is 40.8 Å². The van der Waals surface area contributed by atoms with E-state index in [4.69, 9.17) is 10.5 Å². The number of nitrogens with two attached hydrogens (primary N) is 1. The molecule has 3 aliphatic rings. The summed E-state index contributed by atoms with van der Waals surface area (Å²) in [5, 5.41) is 25.7. The van der Waals surface area contributed by atoms with Crippen LogP contribution in [-0.2, 0) is 32.1 Å². The van der Waals surface area contributed by atoms with Gasteiger partial charge in [0.1, 0.15) is 11.5 Å². The number of ether oxygens (including phenoxy) is 1. The van der Waals surface area contributed by atoms with Gasteiger partial charge in [-0.3, -0.25) is 28.9 Å². The van der Waals surface area contributed by atoms with Crippen LogP contribution in [0.4, 0.5) is 10.5 Å². The zero-order valence-corrected chi connectivity index (χ0v) is 25.6. The molecule has 6 atom stereocenters. The fourth-order valence-corrected chi connectivity index (χ4v) is 7.16. The SMILES string of the molecule is Cc1ccc(OC(=O)NCc2cc(N(C)C)c3c(c2O)C(=O)C2C(=O)[C@@]4(O)C(=O)C(C(N)=O)C(=O)[C@H](N(C)C)[C@H]4C[C@H]2C3)cc1. The Labute approximate surface area is 259 Å². The van der Waals surface area contributed by atoms with E-state index >= 15 is 0 Å². The number of hydrogen-bond acceptors (Lipinski definition) is 11. The van der Waals surface area contributed by atoms with Crippen LogP contribution in [0, 0.1) is 30.6 Å². The highest BCUT2D eigenvalue weighted by Crippen LogP contribution is 2.52. The molecule has 45 heavy (non-hydrogen) atoms. The van der Waals surface area contributed by atoms with E-state index in [9.17, 15) is 39.0 Å². The first-order valence-electron chi connectivity index (χ1n) is 14.5. The maximum absolute atomic E-state index is 14.1. The molecule has 0 aliphatic heterocycles. The predicted octanol–water partition coefficient (Wildman–Crippen LogP) is 0.530. The van der Waals surface area contributed by atoms with Crippen molar-refractivity contribution in [2.24, 2.45) is 29.4 Å². The summed E-state index contributed by atoms with van der Waals surface area (Å²) in [6.07, 6.45) is -0.726. The minimum absolute atomic E-state index is 0.0499. The number of aryl methyl sites for hydroxylation is 1. The number of rotatable bonds is 6. The molecule has 2 fully saturated rings. The summed E-state index contributed by atoms with van der Waals surface area (Å²) in [5.41, 5.74) is 4.57. The normalized spacial score (nSPS) is 27.4. The van der Waals surface area contributed by atoms with Gasteiger partial charge in [-0.25, -0.2) is 4.79 Å². The van der Waals surface area contributed by atoms with Crippen LogP contribution in [0.25, 0.3) is 0 Å². The molecule has 0 spiro atoms. The maximum atomic E-state index is 14.1. The van der Waals surface area contributed by atoms with Crippen molar-refractivity contribution in [2.75, 3.05) is 33.1 Å². The summed E-state index contributed by atoms with van der Waals surface area (Å²) in [6, 6.07) is 7.26. The number of phenolic OH excluding ortho intramolecular Hbond substituents is 1. The molecule has 13 heteroatoms. The van der Waals surface area contributed by atoms with Crippen LogP contribution in [0.2, 0.25) is 0 Å². The van der Waals surface area contributed by atoms with E-state index in [1.165, 1.54) is 19.0 Å². The third-order valence-electron chi connectivity index (χ3n) is 9.25. The molecule has 2 aromatic carbocycles. The summed E-state index contributed by atoms with van der Waals surface area (Å²) in [7, 11) is 6.54. The Morgan fingerprint density at radius 3 is 2.29 bits per heavy atom. The predicted molar refractivity (Wildman–Crippen MR) is 160 cm³/mol. The lowest BCUT2D eigenvalue weighted by molar-refractivity contribution is -0.181. The van der Waals surface area contributed by atoms with Crippen molar-refractivity contribution in [1.29, 1.82) is 0 Å². The first-order valence-corrected chi connectivity index (χ1v) is 14.5. The number of nitrogens with one attached hydrogen (secondary N) is 1. The van der Waals surface area contributed by atoms with E-state index in [0.29, 0.717) is 17.0 Å². The fraction of sp³-hybridized carbons (Fsp3) is 0.438. The molecule has 3 aliphatic carbocycles. The molecular formula is C32H36N4O9. The fourth-order valence-electron chi connectivity index (χ4n) is 7.16. The van der Waals surface area contributed by atoms with Crippen molar-refractivity contribution in [3.8, 4) is 11.5 Å². The van der Waals surface area contributed by atoms with Gasteiger partial charge in [0.2, 0.25) is 5.91 Å². The molecular weight excluding hydrogens is 584 g/mol. The van der Waals surface area contributed by atoms with Crippen LogP contribution in [-0.4, -0.2) is 90.1 Å². The minimum Gasteiger partial charge on any atom is -0.507 e. The van der Waals surface area contributed by atoms with Gasteiger partial charge in [-0.15, -0.1) is 0 Å². The van der Waals surface area contributed by atoms with Gasteiger partial charge in [-0.1, -0.05) is 17.7 Å². The number of fused-ring (bicyclic) bond motifs is 3. The van der Waals surface area contributed by atoms with Gasteiger partial charge in [-0.05, 0) is 63.5 Å². The third-order valence-corrected chi connectivity index (χ3v) is 9.25. The maximum Gasteiger partial charge on any atom is 0.412 e. The molecule has 2 amide bonds. The standard InChI is InChI=1S/C32H36N4O9/c1-14-6-8-17(9-7-14)45-31(43)34-13-16-12-20(35(2)3)18-10-15-11-19-24(36(4)5)27(39)23(30(33)42)29(41)32(19,44)28(40)21(15)26(38)22(18)25(16)37/h6-9,12,15,19,21,23-24,37,44H,10-11,13H2,1-5H3,(H2,33,42)(H,34,43)/t15-,19-,21?,23?,24-,32-/m1/s1. The number of primary amides is 1. The molecule has 0 aromatic heterocycles. The van der Waals surface area contributed by atoms with Crippen molar-refractivity contribution in [3.05, 3.63) is 52.6 Å². The number of Topliss-reactive ketones (excluding diaryl/α,β-unsaturated/α-hetero) is 4. The molecule has 238 valence electrons. The van der Waals surface area contributed by atoms with Crippen molar-refractivity contribution in [1.82, 2.24) is 10.2 Å². The quantitative estimate of drug-likeness (QED) is 0.329. The summed E-state index contributed by atoms with van der Waals surface area (Å²) in [4.78, 5) is 82.8. The van der Waals surface area contributed by atoms with Gasteiger partial charge >= 0.3 is 6.09 Å². The monoisotopic (exact) mass is 620 g/mol. The lowest BCUT2D eigenvalue weighted by Crippen LogP contribution is -2.74. The highest BCUT2D eigenvalue weighted by Gasteiger charge is 2.69. The summed E-state index contributed by atoms with van der Waals surface area (Å²) < 4.78 is 5.28. The first kappa shape index (κ1) is 31.8. The molecule has 5 rings (SSSR count). The van der Waals surface area contributed by atoms with Crippen LogP contribution < -0.4 is 20.7 Å². The third kappa shape index (κ3) is 5.05. The molecule has 0 bridgehead atoms. The van der Waals surface area contributed by atoms with E-state index in [-0.39, 0.29) is 30.5 Å². The molecule has 0 heterocycles. The topological polar surface area (TPSA) is 197 Å². The van der Waals surface area contributed by atoms with Crippen LogP contribution >= 0.6 is 0 Å². The number of phenols is 1. The number of carbonyl (C=O) groups is 6. The number of nitrogens with zero attached hydrogens (tertiary/aromatic N) is 2. The van der Waals surface area contributed by atoms with Crippen molar-refractivity contribution < 1.29 is 43.7 Å². The second-order valence-corrected chi connectivity index (χ2v) is 12.5. The lowest BCUT2D eigenvalue weighted by Gasteiger charge is -2.52. The van der Waals surface area contributed by atoms with Gasteiger partial charge in [0.05, 0.1) is 17.5 Å². The molecule has 0 radical (unpaired) electrons. The highest BCUT2D eigenvalue weighted by molar-refractivity contribution is 6.32. The summed E-state index contributed by atoms with van der Waals surface area (Å²) >= 11 is 0. The molecule has 2 unspecified atom stereocenters. The number of likely N-dealkylation sites (N-methyl/N-ethyl adjacent to an activating group) is 1. The zero-order chi connectivity index (χ0) is 33.1. The number of benzene rings is 2. The summed E-state index contributed by atoms with van der Waals surface area (Å²) in [5.74, 6) is -11.0. The Kier molecular flexibility index (Phi) is 8.04. The number of amides is 2. The average molecular weight is 621 g/mol.